The number of amides is 2. The maximum Gasteiger partial charge on any atom is 0.407 e. The van der Waals surface area contributed by atoms with Crippen LogP contribution in [0.15, 0.2) is 54.9 Å². The summed E-state index contributed by atoms with van der Waals surface area (Å²) in [4.78, 5) is 34.4. The minimum absolute atomic E-state index is 0.0869. The number of anilines is 2. The van der Waals surface area contributed by atoms with Gasteiger partial charge < -0.3 is 10.1 Å². The Morgan fingerprint density at radius 2 is 1.90 bits per heavy atom. The topological polar surface area (TPSA) is 113 Å². The highest BCUT2D eigenvalue weighted by Crippen LogP contribution is 2.39. The van der Waals surface area contributed by atoms with Gasteiger partial charge in [0.1, 0.15) is 11.9 Å². The van der Waals surface area contributed by atoms with E-state index in [1.807, 2.05) is 30.3 Å². The Hall–Kier alpha value is -3.75. The molecule has 0 atom stereocenters. The first-order valence-electron chi connectivity index (χ1n) is 10.3. The molecule has 2 N–H and O–H groups in total. The number of hydrogen-bond acceptors (Lipinski definition) is 6. The Balaban J connectivity index is 1.31. The van der Waals surface area contributed by atoms with E-state index in [2.05, 4.69) is 25.5 Å². The van der Waals surface area contributed by atoms with Crippen molar-refractivity contribution in [2.75, 3.05) is 4.90 Å². The Kier molecular flexibility index (Phi) is 6.21. The first kappa shape index (κ1) is 20.5. The van der Waals surface area contributed by atoms with E-state index in [1.54, 1.807) is 31.5 Å². The lowest BCUT2D eigenvalue weighted by Gasteiger charge is -2.33. The molecule has 3 heterocycles. The highest BCUT2D eigenvalue weighted by atomic mass is 16.6. The van der Waals surface area contributed by atoms with Crippen LogP contribution in [0.25, 0.3) is 0 Å². The van der Waals surface area contributed by atoms with Crippen molar-refractivity contribution in [1.29, 1.82) is 0 Å². The molecule has 0 aliphatic heterocycles. The van der Waals surface area contributed by atoms with Crippen molar-refractivity contribution >= 4 is 23.6 Å². The van der Waals surface area contributed by atoms with Gasteiger partial charge in [0, 0.05) is 36.5 Å². The number of ether oxygens (including phenoxy) is 1. The van der Waals surface area contributed by atoms with Gasteiger partial charge >= 0.3 is 6.09 Å². The minimum Gasteiger partial charge on any atom is -0.446 e. The number of nitrogens with one attached hydrogen (secondary N) is 2. The van der Waals surface area contributed by atoms with Gasteiger partial charge in [0.25, 0.3) is 0 Å². The Labute approximate surface area is 179 Å². The summed E-state index contributed by atoms with van der Waals surface area (Å²) in [5.74, 6) is 1.15. The maximum atomic E-state index is 12.5. The van der Waals surface area contributed by atoms with Gasteiger partial charge in [-0.2, -0.15) is 5.10 Å². The molecule has 1 aliphatic carbocycles. The van der Waals surface area contributed by atoms with Crippen molar-refractivity contribution in [2.45, 2.75) is 44.8 Å². The number of aromatic nitrogens is 4. The summed E-state index contributed by atoms with van der Waals surface area (Å²) in [6, 6.07) is 12.8. The minimum atomic E-state index is -0.450. The van der Waals surface area contributed by atoms with E-state index in [0.717, 1.165) is 11.4 Å². The van der Waals surface area contributed by atoms with Gasteiger partial charge in [0.05, 0.1) is 12.2 Å². The number of carbonyl (C=O) groups excluding carboxylic acids is 2. The van der Waals surface area contributed by atoms with Gasteiger partial charge in [-0.05, 0) is 37.1 Å². The fourth-order valence-electron chi connectivity index (χ4n) is 3.44. The third kappa shape index (κ3) is 4.88. The first-order valence-corrected chi connectivity index (χ1v) is 10.3. The van der Waals surface area contributed by atoms with Crippen molar-refractivity contribution in [2.24, 2.45) is 0 Å². The molecular weight excluding hydrogens is 396 g/mol. The average Bonchev–Trinajstić information content (AvgIpc) is 3.25. The molecular formula is C22H24N6O3. The van der Waals surface area contributed by atoms with Gasteiger partial charge in [-0.1, -0.05) is 19.1 Å². The van der Waals surface area contributed by atoms with Crippen molar-refractivity contribution in [3.8, 4) is 0 Å². The van der Waals surface area contributed by atoms with Crippen molar-refractivity contribution < 1.29 is 14.3 Å². The van der Waals surface area contributed by atoms with Gasteiger partial charge in [-0.25, -0.2) is 14.7 Å². The Morgan fingerprint density at radius 1 is 1.13 bits per heavy atom. The molecule has 2 amide bonds. The van der Waals surface area contributed by atoms with E-state index in [1.165, 1.54) is 4.90 Å². The maximum absolute atomic E-state index is 12.5. The average molecular weight is 420 g/mol. The summed E-state index contributed by atoms with van der Waals surface area (Å²) >= 11 is 0. The summed E-state index contributed by atoms with van der Waals surface area (Å²) in [5, 5.41) is 10.1. The number of pyridine rings is 2. The standard InChI is InChI=1S/C22H24N6O3/c1-2-21(29)28(19-8-4-6-10-24-19)20-13-18(26-27-20)15-11-17(12-15)31-22(30)25-14-16-7-3-5-9-23-16/h3-10,13,15,17H,2,11-12,14H2,1H3,(H,25,30)(H,26,27). The molecule has 4 rings (SSSR count). The monoisotopic (exact) mass is 420 g/mol. The largest absolute Gasteiger partial charge is 0.446 e. The zero-order valence-corrected chi connectivity index (χ0v) is 17.2. The van der Waals surface area contributed by atoms with E-state index in [-0.39, 0.29) is 17.9 Å². The zero-order valence-electron chi connectivity index (χ0n) is 17.2. The Bertz CT molecular complexity index is 1020. The second-order valence-corrected chi connectivity index (χ2v) is 7.32. The fraction of sp³-hybridized carbons (Fsp3) is 0.318. The second kappa shape index (κ2) is 9.38. The second-order valence-electron chi connectivity index (χ2n) is 7.32. The van der Waals surface area contributed by atoms with Crippen LogP contribution >= 0.6 is 0 Å². The lowest BCUT2D eigenvalue weighted by Crippen LogP contribution is -2.36. The number of rotatable bonds is 7. The SMILES string of the molecule is CCC(=O)N(c1ccccn1)c1cc(C2CC(OC(=O)NCc3ccccn3)C2)[nH]n1. The van der Waals surface area contributed by atoms with E-state index in [0.29, 0.717) is 37.4 Å². The van der Waals surface area contributed by atoms with Crippen LogP contribution in [0.5, 0.6) is 0 Å². The molecule has 3 aromatic heterocycles. The van der Waals surface area contributed by atoms with E-state index < -0.39 is 6.09 Å². The summed E-state index contributed by atoms with van der Waals surface area (Å²) < 4.78 is 5.45. The molecule has 160 valence electrons. The molecule has 9 nitrogen and oxygen atoms in total. The van der Waals surface area contributed by atoms with E-state index in [4.69, 9.17) is 4.74 Å². The molecule has 0 saturated heterocycles. The van der Waals surface area contributed by atoms with Crippen LogP contribution in [0.4, 0.5) is 16.4 Å². The summed E-state index contributed by atoms with van der Waals surface area (Å²) in [6.45, 7) is 2.13. The van der Waals surface area contributed by atoms with Gasteiger partial charge in [0.15, 0.2) is 5.82 Å². The van der Waals surface area contributed by atoms with Crippen molar-refractivity contribution in [3.63, 3.8) is 0 Å². The molecule has 31 heavy (non-hydrogen) atoms. The third-order valence-electron chi connectivity index (χ3n) is 5.19. The lowest BCUT2D eigenvalue weighted by atomic mass is 9.80. The van der Waals surface area contributed by atoms with Gasteiger partial charge in [-0.3, -0.25) is 14.9 Å². The first-order chi connectivity index (χ1) is 15.1. The van der Waals surface area contributed by atoms with Crippen LogP contribution in [0, 0.1) is 0 Å². The molecule has 0 spiro atoms. The van der Waals surface area contributed by atoms with Crippen LogP contribution in [-0.4, -0.2) is 38.3 Å². The summed E-state index contributed by atoms with van der Waals surface area (Å²) in [5.41, 5.74) is 1.68. The molecule has 0 unspecified atom stereocenters. The quantitative estimate of drug-likeness (QED) is 0.605. The molecule has 1 fully saturated rings. The molecule has 1 aliphatic rings. The molecule has 3 aromatic rings. The van der Waals surface area contributed by atoms with Crippen LogP contribution in [0.3, 0.4) is 0 Å². The predicted octanol–water partition coefficient (Wildman–Crippen LogP) is 3.45. The van der Waals surface area contributed by atoms with E-state index >= 15 is 0 Å². The van der Waals surface area contributed by atoms with Crippen molar-refractivity contribution in [3.05, 3.63) is 66.2 Å². The molecule has 9 heteroatoms. The third-order valence-corrected chi connectivity index (χ3v) is 5.19. The van der Waals surface area contributed by atoms with Crippen LogP contribution in [0.1, 0.15) is 43.5 Å². The number of nitrogens with zero attached hydrogens (tertiary/aromatic N) is 4. The smallest absolute Gasteiger partial charge is 0.407 e. The number of hydrogen-bond donors (Lipinski definition) is 2. The van der Waals surface area contributed by atoms with Crippen LogP contribution < -0.4 is 10.2 Å². The van der Waals surface area contributed by atoms with Gasteiger partial charge in [-0.15, -0.1) is 0 Å². The molecule has 0 radical (unpaired) electrons. The molecule has 1 saturated carbocycles. The highest BCUT2D eigenvalue weighted by Gasteiger charge is 2.35. The summed E-state index contributed by atoms with van der Waals surface area (Å²) in [7, 11) is 0. The zero-order chi connectivity index (χ0) is 21.6. The lowest BCUT2D eigenvalue weighted by molar-refractivity contribution is -0.117. The van der Waals surface area contributed by atoms with Crippen molar-refractivity contribution in [1.82, 2.24) is 25.5 Å². The fourth-order valence-corrected chi connectivity index (χ4v) is 3.44. The molecule has 0 aromatic carbocycles. The van der Waals surface area contributed by atoms with E-state index in [9.17, 15) is 9.59 Å². The van der Waals surface area contributed by atoms with Crippen LogP contribution in [-0.2, 0) is 16.1 Å². The van der Waals surface area contributed by atoms with Crippen LogP contribution in [0.2, 0.25) is 0 Å². The summed E-state index contributed by atoms with van der Waals surface area (Å²) in [6.07, 6.45) is 4.46. The number of aromatic amines is 1. The predicted molar refractivity (Wildman–Crippen MR) is 114 cm³/mol. The number of carbonyl (C=O) groups is 2. The molecule has 0 bridgehead atoms. The highest BCUT2D eigenvalue weighted by molar-refractivity contribution is 5.98. The van der Waals surface area contributed by atoms with Gasteiger partial charge in [0.2, 0.25) is 5.91 Å². The normalized spacial score (nSPS) is 17.5. The Morgan fingerprint density at radius 3 is 2.58 bits per heavy atom. The number of H-pyrrole nitrogens is 1. The number of alkyl carbamates (subject to hydrolysis) is 1.